The first-order valence-corrected chi connectivity index (χ1v) is 9.77. The minimum absolute atomic E-state index is 0.0933. The molecule has 2 aromatic carbocycles. The van der Waals surface area contributed by atoms with Crippen LogP contribution in [0.25, 0.3) is 0 Å². The van der Waals surface area contributed by atoms with Gasteiger partial charge in [-0.2, -0.15) is 5.10 Å². The molecule has 28 heavy (non-hydrogen) atoms. The predicted molar refractivity (Wildman–Crippen MR) is 114 cm³/mol. The molecule has 5 nitrogen and oxygen atoms in total. The van der Waals surface area contributed by atoms with E-state index in [1.807, 2.05) is 62.4 Å². The number of carbonyl (C=O) groups is 2. The Kier molecular flexibility index (Phi) is 8.40. The van der Waals surface area contributed by atoms with E-state index < -0.39 is 0 Å². The van der Waals surface area contributed by atoms with Crippen molar-refractivity contribution in [2.75, 3.05) is 5.32 Å². The number of unbranched alkanes of at least 4 members (excludes halogenated alkanes) is 1. The van der Waals surface area contributed by atoms with Gasteiger partial charge in [0.2, 0.25) is 11.8 Å². The zero-order chi connectivity index (χ0) is 20.4. The number of nitrogens with zero attached hydrogens (tertiary/aromatic N) is 1. The van der Waals surface area contributed by atoms with Crippen molar-refractivity contribution in [1.82, 2.24) is 5.43 Å². The quantitative estimate of drug-likeness (QED) is 0.488. The highest BCUT2D eigenvalue weighted by Gasteiger charge is 2.09. The molecule has 5 heteroatoms. The van der Waals surface area contributed by atoms with Crippen molar-refractivity contribution in [3.05, 3.63) is 65.2 Å². The molecule has 2 aromatic rings. The Morgan fingerprint density at radius 2 is 1.64 bits per heavy atom. The number of hydrazone groups is 1. The summed E-state index contributed by atoms with van der Waals surface area (Å²) in [7, 11) is 0. The van der Waals surface area contributed by atoms with Gasteiger partial charge in [0.25, 0.3) is 0 Å². The van der Waals surface area contributed by atoms with Crippen LogP contribution in [0.1, 0.15) is 55.7 Å². The number of anilines is 1. The van der Waals surface area contributed by atoms with Crippen LogP contribution in [0.4, 0.5) is 5.69 Å². The Balaban J connectivity index is 1.87. The number of hydrogen-bond donors (Lipinski definition) is 2. The summed E-state index contributed by atoms with van der Waals surface area (Å²) in [4.78, 5) is 24.3. The van der Waals surface area contributed by atoms with Crippen molar-refractivity contribution in [1.29, 1.82) is 0 Å². The maximum absolute atomic E-state index is 12.1. The molecule has 0 bridgehead atoms. The smallest absolute Gasteiger partial charge is 0.240 e. The van der Waals surface area contributed by atoms with Crippen molar-refractivity contribution in [3.63, 3.8) is 0 Å². The monoisotopic (exact) mass is 379 g/mol. The van der Waals surface area contributed by atoms with Gasteiger partial charge in [-0.3, -0.25) is 9.59 Å². The van der Waals surface area contributed by atoms with Gasteiger partial charge in [-0.25, -0.2) is 5.43 Å². The maximum Gasteiger partial charge on any atom is 0.240 e. The molecule has 0 fully saturated rings. The lowest BCUT2D eigenvalue weighted by molar-refractivity contribution is -0.124. The van der Waals surface area contributed by atoms with E-state index in [2.05, 4.69) is 22.8 Å². The molecule has 0 aromatic heterocycles. The summed E-state index contributed by atoms with van der Waals surface area (Å²) in [5, 5.41) is 7.16. The van der Waals surface area contributed by atoms with E-state index in [0.29, 0.717) is 0 Å². The van der Waals surface area contributed by atoms with Gasteiger partial charge in [0.05, 0.1) is 5.71 Å². The Bertz CT molecular complexity index is 829. The van der Waals surface area contributed by atoms with Crippen molar-refractivity contribution in [2.24, 2.45) is 5.10 Å². The van der Waals surface area contributed by atoms with Crippen LogP contribution in [-0.4, -0.2) is 17.5 Å². The van der Waals surface area contributed by atoms with Crippen LogP contribution in [0.2, 0.25) is 0 Å². The average Bonchev–Trinajstić information content (AvgIpc) is 2.69. The first-order valence-electron chi connectivity index (χ1n) is 9.77. The van der Waals surface area contributed by atoms with E-state index in [-0.39, 0.29) is 24.7 Å². The molecule has 0 spiro atoms. The second-order valence-electron chi connectivity index (χ2n) is 6.93. The van der Waals surface area contributed by atoms with Crippen LogP contribution < -0.4 is 10.7 Å². The summed E-state index contributed by atoms with van der Waals surface area (Å²) in [5.74, 6) is -0.443. The van der Waals surface area contributed by atoms with Crippen molar-refractivity contribution >= 4 is 23.2 Å². The lowest BCUT2D eigenvalue weighted by atomic mass is 10.1. The molecule has 0 saturated heterocycles. The van der Waals surface area contributed by atoms with Gasteiger partial charge in [0, 0.05) is 18.5 Å². The molecule has 2 amide bonds. The molecule has 0 aliphatic rings. The molecule has 0 aliphatic carbocycles. The summed E-state index contributed by atoms with van der Waals surface area (Å²) in [6.07, 6.45) is 3.06. The third-order valence-electron chi connectivity index (χ3n) is 4.42. The minimum atomic E-state index is -0.263. The second kappa shape index (κ2) is 11.0. The fourth-order valence-corrected chi connectivity index (χ4v) is 2.82. The van der Waals surface area contributed by atoms with Crippen molar-refractivity contribution in [2.45, 2.75) is 52.9 Å². The molecular formula is C23H29N3O2. The first-order chi connectivity index (χ1) is 13.5. The number of aryl methyl sites for hydroxylation is 2. The van der Waals surface area contributed by atoms with E-state index in [1.165, 1.54) is 0 Å². The topological polar surface area (TPSA) is 70.6 Å². The van der Waals surface area contributed by atoms with Crippen molar-refractivity contribution in [3.8, 4) is 0 Å². The SMILES string of the molecule is CCCC/C(=N/NC(=O)CCC(=O)Nc1ccc(C)cc1C)c1ccccc1. The highest BCUT2D eigenvalue weighted by atomic mass is 16.2. The fraction of sp³-hybridized carbons (Fsp3) is 0.348. The van der Waals surface area contributed by atoms with E-state index in [4.69, 9.17) is 0 Å². The molecule has 2 rings (SSSR count). The lowest BCUT2D eigenvalue weighted by Crippen LogP contribution is -2.22. The van der Waals surface area contributed by atoms with E-state index >= 15 is 0 Å². The molecule has 0 aliphatic heterocycles. The van der Waals surface area contributed by atoms with Crippen molar-refractivity contribution < 1.29 is 9.59 Å². The molecular weight excluding hydrogens is 350 g/mol. The number of rotatable bonds is 9. The molecule has 148 valence electrons. The maximum atomic E-state index is 12.1. The Morgan fingerprint density at radius 1 is 0.929 bits per heavy atom. The van der Waals surface area contributed by atoms with Crippen LogP contribution >= 0.6 is 0 Å². The summed E-state index contributed by atoms with van der Waals surface area (Å²) in [5.41, 5.74) is 7.38. The van der Waals surface area contributed by atoms with Crippen LogP contribution in [0.3, 0.4) is 0 Å². The normalized spacial score (nSPS) is 11.2. The van der Waals surface area contributed by atoms with Gasteiger partial charge < -0.3 is 5.32 Å². The fourth-order valence-electron chi connectivity index (χ4n) is 2.82. The molecule has 0 unspecified atom stereocenters. The second-order valence-corrected chi connectivity index (χ2v) is 6.93. The number of amides is 2. The van der Waals surface area contributed by atoms with Crippen LogP contribution in [0.5, 0.6) is 0 Å². The zero-order valence-electron chi connectivity index (χ0n) is 16.9. The standard InChI is InChI=1S/C23H29N3O2/c1-4-5-11-21(19-9-7-6-8-10-19)25-26-23(28)15-14-22(27)24-20-13-12-17(2)16-18(20)3/h6-10,12-13,16H,4-5,11,14-15H2,1-3H3,(H,24,27)(H,26,28)/b25-21-. The van der Waals surface area contributed by atoms with Gasteiger partial charge in [-0.05, 0) is 43.9 Å². The molecule has 0 atom stereocenters. The molecule has 0 radical (unpaired) electrons. The number of carbonyl (C=O) groups excluding carboxylic acids is 2. The summed E-state index contributed by atoms with van der Waals surface area (Å²) in [6.45, 7) is 6.08. The minimum Gasteiger partial charge on any atom is -0.326 e. The highest BCUT2D eigenvalue weighted by Crippen LogP contribution is 2.16. The van der Waals surface area contributed by atoms with Gasteiger partial charge in [-0.15, -0.1) is 0 Å². The number of hydrogen-bond acceptors (Lipinski definition) is 3. The van der Waals surface area contributed by atoms with Crippen LogP contribution in [-0.2, 0) is 9.59 Å². The molecule has 2 N–H and O–H groups in total. The lowest BCUT2D eigenvalue weighted by Gasteiger charge is -2.09. The molecule has 0 heterocycles. The first kappa shape index (κ1) is 21.4. The average molecular weight is 380 g/mol. The van der Waals surface area contributed by atoms with Crippen LogP contribution in [0, 0.1) is 13.8 Å². The summed E-state index contributed by atoms with van der Waals surface area (Å²) in [6, 6.07) is 15.7. The zero-order valence-corrected chi connectivity index (χ0v) is 16.9. The van der Waals surface area contributed by atoms with Gasteiger partial charge in [-0.1, -0.05) is 61.4 Å². The summed E-state index contributed by atoms with van der Waals surface area (Å²) < 4.78 is 0. The highest BCUT2D eigenvalue weighted by molar-refractivity contribution is 6.01. The number of benzene rings is 2. The Morgan fingerprint density at radius 3 is 2.32 bits per heavy atom. The van der Waals surface area contributed by atoms with Crippen LogP contribution in [0.15, 0.2) is 53.6 Å². The van der Waals surface area contributed by atoms with E-state index in [0.717, 1.165) is 47.4 Å². The third-order valence-corrected chi connectivity index (χ3v) is 4.42. The van der Waals surface area contributed by atoms with E-state index in [9.17, 15) is 9.59 Å². The van der Waals surface area contributed by atoms with E-state index in [1.54, 1.807) is 0 Å². The Hall–Kier alpha value is -2.95. The Labute approximate surface area is 167 Å². The van der Waals surface area contributed by atoms with Gasteiger partial charge in [0.1, 0.15) is 0 Å². The largest absolute Gasteiger partial charge is 0.326 e. The van der Waals surface area contributed by atoms with Gasteiger partial charge >= 0.3 is 0 Å². The summed E-state index contributed by atoms with van der Waals surface area (Å²) >= 11 is 0. The predicted octanol–water partition coefficient (Wildman–Crippen LogP) is 4.73. The number of nitrogens with one attached hydrogen (secondary N) is 2. The third kappa shape index (κ3) is 6.99. The molecule has 0 saturated carbocycles. The van der Waals surface area contributed by atoms with Gasteiger partial charge in [0.15, 0.2) is 0 Å².